The lowest BCUT2D eigenvalue weighted by Crippen LogP contribution is -2.35. The topological polar surface area (TPSA) is 102 Å². The number of imidazole rings is 1. The van der Waals surface area contributed by atoms with E-state index in [-0.39, 0.29) is 24.4 Å². The fourth-order valence-electron chi connectivity index (χ4n) is 2.89. The number of aromatic amines is 1. The molecule has 0 radical (unpaired) electrons. The summed E-state index contributed by atoms with van der Waals surface area (Å²) in [6.07, 6.45) is 0. The normalized spacial score (nSPS) is 12.7. The number of nitrogens with zero attached hydrogens (tertiary/aromatic N) is 3. The molecule has 0 saturated heterocycles. The summed E-state index contributed by atoms with van der Waals surface area (Å²) in [5.74, 6) is 1.27. The van der Waals surface area contributed by atoms with Crippen LogP contribution in [-0.4, -0.2) is 25.7 Å². The Bertz CT molecular complexity index is 908. The number of benzene rings is 1. The van der Waals surface area contributed by atoms with Crippen LogP contribution in [0.4, 0.5) is 5.82 Å². The quantitative estimate of drug-likeness (QED) is 0.664. The number of amides is 1. The molecule has 1 aromatic carbocycles. The van der Waals surface area contributed by atoms with Crippen molar-refractivity contribution in [2.75, 3.05) is 5.73 Å². The number of nitrogen functional groups attached to an aromatic ring is 1. The van der Waals surface area contributed by atoms with Crippen LogP contribution in [0.5, 0.6) is 0 Å². The molecule has 2 aromatic heterocycles. The number of hydrogen-bond acceptors (Lipinski definition) is 4. The SMILES string of the molecule is Cc1ccc2nc([C@@H](NC(=O)Cn3nc(C)cc3N)C(C)C)[nH]c2c1. The highest BCUT2D eigenvalue weighted by Crippen LogP contribution is 2.23. The molecule has 0 fully saturated rings. The summed E-state index contributed by atoms with van der Waals surface area (Å²) in [5, 5.41) is 7.27. The molecule has 1 atom stereocenters. The number of hydrogen-bond donors (Lipinski definition) is 3. The van der Waals surface area contributed by atoms with Gasteiger partial charge in [-0.2, -0.15) is 5.10 Å². The van der Waals surface area contributed by atoms with Gasteiger partial charge in [-0.25, -0.2) is 9.67 Å². The highest BCUT2D eigenvalue weighted by Gasteiger charge is 2.22. The van der Waals surface area contributed by atoms with Gasteiger partial charge in [-0.1, -0.05) is 19.9 Å². The Kier molecular flexibility index (Phi) is 4.48. The van der Waals surface area contributed by atoms with Gasteiger partial charge in [-0.15, -0.1) is 0 Å². The smallest absolute Gasteiger partial charge is 0.242 e. The van der Waals surface area contributed by atoms with Crippen molar-refractivity contribution in [3.05, 3.63) is 41.3 Å². The average Bonchev–Trinajstić information content (AvgIpc) is 3.07. The van der Waals surface area contributed by atoms with Crippen molar-refractivity contribution in [1.29, 1.82) is 0 Å². The Hall–Kier alpha value is -2.83. The number of nitrogens with two attached hydrogens (primary N) is 1. The van der Waals surface area contributed by atoms with Gasteiger partial charge in [-0.05, 0) is 37.5 Å². The Morgan fingerprint density at radius 2 is 2.08 bits per heavy atom. The summed E-state index contributed by atoms with van der Waals surface area (Å²) in [5.41, 5.74) is 9.68. The summed E-state index contributed by atoms with van der Waals surface area (Å²) >= 11 is 0. The van der Waals surface area contributed by atoms with Crippen molar-refractivity contribution < 1.29 is 4.79 Å². The lowest BCUT2D eigenvalue weighted by molar-refractivity contribution is -0.123. The van der Waals surface area contributed by atoms with Gasteiger partial charge in [0, 0.05) is 6.07 Å². The zero-order chi connectivity index (χ0) is 18.1. The first-order chi connectivity index (χ1) is 11.8. The van der Waals surface area contributed by atoms with Crippen LogP contribution in [-0.2, 0) is 11.3 Å². The van der Waals surface area contributed by atoms with Gasteiger partial charge in [-0.3, -0.25) is 4.79 Å². The van der Waals surface area contributed by atoms with E-state index < -0.39 is 0 Å². The van der Waals surface area contributed by atoms with E-state index in [0.717, 1.165) is 28.1 Å². The first-order valence-corrected chi connectivity index (χ1v) is 8.39. The number of aromatic nitrogens is 4. The van der Waals surface area contributed by atoms with Gasteiger partial charge in [0.1, 0.15) is 18.2 Å². The molecule has 7 nitrogen and oxygen atoms in total. The Balaban J connectivity index is 1.80. The van der Waals surface area contributed by atoms with Crippen molar-refractivity contribution in [2.24, 2.45) is 5.92 Å². The molecule has 3 rings (SSSR count). The monoisotopic (exact) mass is 340 g/mol. The molecule has 1 amide bonds. The second kappa shape index (κ2) is 6.58. The first kappa shape index (κ1) is 17.0. The Labute approximate surface area is 146 Å². The fraction of sp³-hybridized carbons (Fsp3) is 0.389. The van der Waals surface area contributed by atoms with Crippen molar-refractivity contribution in [3.63, 3.8) is 0 Å². The maximum Gasteiger partial charge on any atom is 0.242 e. The van der Waals surface area contributed by atoms with Gasteiger partial charge in [0.15, 0.2) is 0 Å². The third-order valence-electron chi connectivity index (χ3n) is 4.16. The van der Waals surface area contributed by atoms with Gasteiger partial charge in [0.2, 0.25) is 5.91 Å². The van der Waals surface area contributed by atoms with Crippen LogP contribution in [0.1, 0.15) is 37.0 Å². The molecule has 7 heteroatoms. The van der Waals surface area contributed by atoms with Crippen LogP contribution in [0, 0.1) is 19.8 Å². The molecule has 0 aliphatic heterocycles. The molecular formula is C18H24N6O. The zero-order valence-electron chi connectivity index (χ0n) is 15.0. The molecule has 25 heavy (non-hydrogen) atoms. The molecule has 0 aliphatic rings. The summed E-state index contributed by atoms with van der Waals surface area (Å²) in [6, 6.07) is 7.60. The van der Waals surface area contributed by atoms with E-state index in [4.69, 9.17) is 5.73 Å². The molecule has 0 aliphatic carbocycles. The second-order valence-corrected chi connectivity index (χ2v) is 6.80. The standard InChI is InChI=1S/C18H24N6O/c1-10(2)17(18-20-13-6-5-11(3)7-14(13)21-18)22-16(25)9-24-15(19)8-12(4)23-24/h5-8,10,17H,9,19H2,1-4H3,(H,20,21)(H,22,25)/t17-/m0/s1. The molecule has 132 valence electrons. The lowest BCUT2D eigenvalue weighted by atomic mass is 10.0. The largest absolute Gasteiger partial charge is 0.384 e. The van der Waals surface area contributed by atoms with E-state index in [1.807, 2.05) is 26.0 Å². The second-order valence-electron chi connectivity index (χ2n) is 6.80. The number of aryl methyl sites for hydroxylation is 2. The van der Waals surface area contributed by atoms with Gasteiger partial charge >= 0.3 is 0 Å². The van der Waals surface area contributed by atoms with Crippen LogP contribution in [0.2, 0.25) is 0 Å². The first-order valence-electron chi connectivity index (χ1n) is 8.39. The number of carbonyl (C=O) groups is 1. The van der Waals surface area contributed by atoms with Crippen LogP contribution in [0.25, 0.3) is 11.0 Å². The minimum Gasteiger partial charge on any atom is -0.384 e. The molecular weight excluding hydrogens is 316 g/mol. The predicted octanol–water partition coefficient (Wildman–Crippen LogP) is 2.47. The minimum atomic E-state index is -0.210. The molecule has 4 N–H and O–H groups in total. The minimum absolute atomic E-state index is 0.0855. The summed E-state index contributed by atoms with van der Waals surface area (Å²) < 4.78 is 1.50. The van der Waals surface area contributed by atoms with Crippen molar-refractivity contribution in [2.45, 2.75) is 40.3 Å². The van der Waals surface area contributed by atoms with Crippen LogP contribution >= 0.6 is 0 Å². The van der Waals surface area contributed by atoms with E-state index >= 15 is 0 Å². The fourth-order valence-corrected chi connectivity index (χ4v) is 2.89. The van der Waals surface area contributed by atoms with E-state index in [2.05, 4.69) is 40.3 Å². The summed E-state index contributed by atoms with van der Waals surface area (Å²) in [4.78, 5) is 20.4. The third-order valence-corrected chi connectivity index (χ3v) is 4.16. The maximum atomic E-state index is 12.5. The highest BCUT2D eigenvalue weighted by atomic mass is 16.2. The predicted molar refractivity (Wildman–Crippen MR) is 97.9 cm³/mol. The van der Waals surface area contributed by atoms with Crippen LogP contribution < -0.4 is 11.1 Å². The van der Waals surface area contributed by atoms with E-state index in [1.165, 1.54) is 4.68 Å². The number of nitrogens with one attached hydrogen (secondary N) is 2. The summed E-state index contributed by atoms with van der Waals surface area (Å²) in [6.45, 7) is 8.07. The van der Waals surface area contributed by atoms with Gasteiger partial charge < -0.3 is 16.0 Å². The van der Waals surface area contributed by atoms with E-state index in [1.54, 1.807) is 6.07 Å². The molecule has 0 bridgehead atoms. The lowest BCUT2D eigenvalue weighted by Gasteiger charge is -2.20. The molecule has 3 aromatic rings. The molecule has 0 saturated carbocycles. The number of rotatable bonds is 5. The highest BCUT2D eigenvalue weighted by molar-refractivity contribution is 5.78. The van der Waals surface area contributed by atoms with Crippen molar-refractivity contribution in [1.82, 2.24) is 25.1 Å². The number of fused-ring (bicyclic) bond motifs is 1. The number of H-pyrrole nitrogens is 1. The van der Waals surface area contributed by atoms with Gasteiger partial charge in [0.25, 0.3) is 0 Å². The number of anilines is 1. The summed E-state index contributed by atoms with van der Waals surface area (Å²) in [7, 11) is 0. The van der Waals surface area contributed by atoms with Crippen LogP contribution in [0.15, 0.2) is 24.3 Å². The average molecular weight is 340 g/mol. The Morgan fingerprint density at radius 1 is 1.32 bits per heavy atom. The molecule has 0 unspecified atom stereocenters. The Morgan fingerprint density at radius 3 is 2.72 bits per heavy atom. The van der Waals surface area contributed by atoms with Gasteiger partial charge in [0.05, 0.1) is 22.8 Å². The van der Waals surface area contributed by atoms with Crippen LogP contribution in [0.3, 0.4) is 0 Å². The molecule has 2 heterocycles. The number of carbonyl (C=O) groups excluding carboxylic acids is 1. The molecule has 0 spiro atoms. The van der Waals surface area contributed by atoms with E-state index in [9.17, 15) is 4.79 Å². The maximum absolute atomic E-state index is 12.5. The third kappa shape index (κ3) is 3.65. The van der Waals surface area contributed by atoms with E-state index in [0.29, 0.717) is 5.82 Å². The zero-order valence-corrected chi connectivity index (χ0v) is 15.0. The van der Waals surface area contributed by atoms with Crippen molar-refractivity contribution in [3.8, 4) is 0 Å². The van der Waals surface area contributed by atoms with Crippen molar-refractivity contribution >= 4 is 22.8 Å².